The molecule has 1 aliphatic heterocycles. The summed E-state index contributed by atoms with van der Waals surface area (Å²) in [5, 5.41) is 9.00. The van der Waals surface area contributed by atoms with Crippen LogP contribution < -0.4 is 20.5 Å². The van der Waals surface area contributed by atoms with E-state index >= 15 is 0 Å². The first-order chi connectivity index (χ1) is 14.0. The van der Waals surface area contributed by atoms with E-state index in [1.54, 1.807) is 29.2 Å². The van der Waals surface area contributed by atoms with Crippen LogP contribution in [0, 0.1) is 24.2 Å². The van der Waals surface area contributed by atoms with Crippen molar-refractivity contribution in [1.82, 2.24) is 10.9 Å². The van der Waals surface area contributed by atoms with Gasteiger partial charge in [0, 0.05) is 18.7 Å². The molecular formula is C21H20N4O4. The maximum atomic E-state index is 12.3. The summed E-state index contributed by atoms with van der Waals surface area (Å²) >= 11 is 0. The van der Waals surface area contributed by atoms with Gasteiger partial charge in [-0.05, 0) is 31.2 Å². The smallest absolute Gasteiger partial charge is 0.276 e. The van der Waals surface area contributed by atoms with Crippen molar-refractivity contribution in [2.45, 2.75) is 13.3 Å². The Morgan fingerprint density at radius 3 is 2.62 bits per heavy atom. The van der Waals surface area contributed by atoms with Crippen LogP contribution in [0.1, 0.15) is 17.5 Å². The van der Waals surface area contributed by atoms with E-state index in [9.17, 15) is 14.4 Å². The highest BCUT2D eigenvalue weighted by Crippen LogP contribution is 2.25. The molecule has 0 radical (unpaired) electrons. The third kappa shape index (κ3) is 4.90. The maximum absolute atomic E-state index is 12.3. The summed E-state index contributed by atoms with van der Waals surface area (Å²) in [6, 6.07) is 16.0. The van der Waals surface area contributed by atoms with Gasteiger partial charge in [-0.15, -0.1) is 0 Å². The number of carbonyl (C=O) groups is 3. The van der Waals surface area contributed by atoms with Gasteiger partial charge in [0.2, 0.25) is 11.8 Å². The second-order valence-corrected chi connectivity index (χ2v) is 6.68. The number of nitriles is 1. The molecule has 8 nitrogen and oxygen atoms in total. The predicted molar refractivity (Wildman–Crippen MR) is 105 cm³/mol. The number of carbonyl (C=O) groups excluding carboxylic acids is 3. The Hall–Kier alpha value is -3.86. The zero-order valence-corrected chi connectivity index (χ0v) is 15.8. The molecule has 0 aromatic heterocycles. The fraction of sp³-hybridized carbons (Fsp3) is 0.238. The standard InChI is InChI=1S/C21H20N4O4/c1-14-6-8-17(9-7-14)25-12-16(10-20(25)27)21(28)24-23-19(26)13-29-18-5-3-2-4-15(18)11-22/h2-9,16H,10,12-13H2,1H3,(H,23,26)(H,24,28)/t16-/m0/s1. The first-order valence-electron chi connectivity index (χ1n) is 9.05. The van der Waals surface area contributed by atoms with E-state index in [0.29, 0.717) is 5.56 Å². The van der Waals surface area contributed by atoms with Crippen molar-refractivity contribution >= 4 is 23.4 Å². The van der Waals surface area contributed by atoms with Crippen LogP contribution in [0.2, 0.25) is 0 Å². The van der Waals surface area contributed by atoms with Crippen molar-refractivity contribution < 1.29 is 19.1 Å². The van der Waals surface area contributed by atoms with Crippen molar-refractivity contribution in [3.05, 3.63) is 59.7 Å². The topological polar surface area (TPSA) is 112 Å². The van der Waals surface area contributed by atoms with Crippen LogP contribution in [0.15, 0.2) is 48.5 Å². The molecule has 1 heterocycles. The van der Waals surface area contributed by atoms with E-state index in [4.69, 9.17) is 10.00 Å². The molecule has 0 spiro atoms. The van der Waals surface area contributed by atoms with Crippen molar-refractivity contribution in [1.29, 1.82) is 5.26 Å². The molecule has 29 heavy (non-hydrogen) atoms. The minimum absolute atomic E-state index is 0.0711. The highest BCUT2D eigenvalue weighted by atomic mass is 16.5. The van der Waals surface area contributed by atoms with Gasteiger partial charge in [0.15, 0.2) is 6.61 Å². The van der Waals surface area contributed by atoms with Gasteiger partial charge in [-0.25, -0.2) is 0 Å². The lowest BCUT2D eigenvalue weighted by Gasteiger charge is -2.17. The monoisotopic (exact) mass is 392 g/mol. The van der Waals surface area contributed by atoms with E-state index in [-0.39, 0.29) is 31.2 Å². The highest BCUT2D eigenvalue weighted by Gasteiger charge is 2.35. The highest BCUT2D eigenvalue weighted by molar-refractivity contribution is 6.00. The molecule has 8 heteroatoms. The minimum atomic E-state index is -0.578. The molecule has 2 aromatic carbocycles. The van der Waals surface area contributed by atoms with Gasteiger partial charge in [0.05, 0.1) is 11.5 Å². The van der Waals surface area contributed by atoms with Crippen LogP contribution in [0.4, 0.5) is 5.69 Å². The van der Waals surface area contributed by atoms with Crippen LogP contribution in [0.25, 0.3) is 0 Å². The number of rotatable bonds is 5. The molecular weight excluding hydrogens is 372 g/mol. The Balaban J connectivity index is 1.48. The molecule has 148 valence electrons. The molecule has 0 unspecified atom stereocenters. The number of nitrogens with one attached hydrogen (secondary N) is 2. The second-order valence-electron chi connectivity index (χ2n) is 6.68. The van der Waals surface area contributed by atoms with Gasteiger partial charge in [-0.1, -0.05) is 29.8 Å². The summed E-state index contributed by atoms with van der Waals surface area (Å²) in [7, 11) is 0. The third-order valence-electron chi connectivity index (χ3n) is 4.53. The average molecular weight is 392 g/mol. The van der Waals surface area contributed by atoms with Crippen LogP contribution in [0.3, 0.4) is 0 Å². The average Bonchev–Trinajstić information content (AvgIpc) is 3.13. The Labute approximate surface area is 168 Å². The number of hydrogen-bond acceptors (Lipinski definition) is 5. The molecule has 1 atom stereocenters. The number of aryl methyl sites for hydroxylation is 1. The van der Waals surface area contributed by atoms with E-state index < -0.39 is 17.7 Å². The van der Waals surface area contributed by atoms with E-state index in [1.807, 2.05) is 37.3 Å². The lowest BCUT2D eigenvalue weighted by atomic mass is 10.1. The van der Waals surface area contributed by atoms with Gasteiger partial charge >= 0.3 is 0 Å². The molecule has 0 saturated carbocycles. The van der Waals surface area contributed by atoms with Crippen LogP contribution >= 0.6 is 0 Å². The maximum Gasteiger partial charge on any atom is 0.276 e. The zero-order chi connectivity index (χ0) is 20.8. The summed E-state index contributed by atoms with van der Waals surface area (Å²) in [6.07, 6.45) is 0.0711. The number of anilines is 1. The molecule has 1 aliphatic rings. The molecule has 2 N–H and O–H groups in total. The zero-order valence-electron chi connectivity index (χ0n) is 15.8. The van der Waals surface area contributed by atoms with E-state index in [0.717, 1.165) is 11.3 Å². The number of ether oxygens (including phenoxy) is 1. The molecule has 3 amide bonds. The second kappa shape index (κ2) is 8.89. The Bertz CT molecular complexity index is 965. The number of nitrogens with zero attached hydrogens (tertiary/aromatic N) is 2. The van der Waals surface area contributed by atoms with Gasteiger partial charge in [-0.3, -0.25) is 25.2 Å². The molecule has 3 rings (SSSR count). The SMILES string of the molecule is Cc1ccc(N2C[C@@H](C(=O)NNC(=O)COc3ccccc3C#N)CC2=O)cc1. The number of hydrogen-bond donors (Lipinski definition) is 2. The molecule has 2 aromatic rings. The summed E-state index contributed by atoms with van der Waals surface area (Å²) in [5.41, 5.74) is 6.73. The fourth-order valence-electron chi connectivity index (χ4n) is 2.96. The normalized spacial score (nSPS) is 15.5. The van der Waals surface area contributed by atoms with Crippen molar-refractivity contribution in [2.24, 2.45) is 5.92 Å². The summed E-state index contributed by atoms with van der Waals surface area (Å²) in [6.45, 7) is 1.84. The Kier molecular flexibility index (Phi) is 6.09. The molecule has 0 aliphatic carbocycles. The largest absolute Gasteiger partial charge is 0.482 e. The fourth-order valence-corrected chi connectivity index (χ4v) is 2.96. The summed E-state index contributed by atoms with van der Waals surface area (Å²) < 4.78 is 5.30. The number of para-hydroxylation sites is 1. The van der Waals surface area contributed by atoms with Crippen molar-refractivity contribution in [3.63, 3.8) is 0 Å². The van der Waals surface area contributed by atoms with Gasteiger partial charge in [-0.2, -0.15) is 5.26 Å². The first kappa shape index (κ1) is 19.9. The lowest BCUT2D eigenvalue weighted by Crippen LogP contribution is -2.46. The van der Waals surface area contributed by atoms with Crippen LogP contribution in [-0.2, 0) is 14.4 Å². The predicted octanol–water partition coefficient (Wildman–Crippen LogP) is 1.45. The van der Waals surface area contributed by atoms with E-state index in [2.05, 4.69) is 10.9 Å². The molecule has 1 saturated heterocycles. The Morgan fingerprint density at radius 1 is 1.17 bits per heavy atom. The number of amides is 3. The van der Waals surface area contributed by atoms with Crippen molar-refractivity contribution in [3.8, 4) is 11.8 Å². The number of hydrazine groups is 1. The molecule has 0 bridgehead atoms. The lowest BCUT2D eigenvalue weighted by molar-refractivity contribution is -0.132. The Morgan fingerprint density at radius 2 is 1.90 bits per heavy atom. The molecule has 1 fully saturated rings. The third-order valence-corrected chi connectivity index (χ3v) is 4.53. The van der Waals surface area contributed by atoms with Crippen molar-refractivity contribution in [2.75, 3.05) is 18.1 Å². The van der Waals surface area contributed by atoms with Crippen LogP contribution in [0.5, 0.6) is 5.75 Å². The summed E-state index contributed by atoms with van der Waals surface area (Å²) in [4.78, 5) is 38.0. The van der Waals surface area contributed by atoms with Gasteiger partial charge in [0.1, 0.15) is 11.8 Å². The minimum Gasteiger partial charge on any atom is -0.482 e. The van der Waals surface area contributed by atoms with E-state index in [1.165, 1.54) is 0 Å². The number of benzene rings is 2. The van der Waals surface area contributed by atoms with Gasteiger partial charge in [0.25, 0.3) is 5.91 Å². The summed E-state index contributed by atoms with van der Waals surface area (Å²) in [5.74, 6) is -1.45. The van der Waals surface area contributed by atoms with Gasteiger partial charge < -0.3 is 9.64 Å². The quantitative estimate of drug-likeness (QED) is 0.748. The first-order valence-corrected chi connectivity index (χ1v) is 9.05. The van der Waals surface area contributed by atoms with Crippen LogP contribution in [-0.4, -0.2) is 30.9 Å².